The average molecular weight is 565 g/mol. The molecule has 3 aliphatic rings. The van der Waals surface area contributed by atoms with E-state index >= 15 is 0 Å². The summed E-state index contributed by atoms with van der Waals surface area (Å²) in [5, 5.41) is -0.477. The number of hydrogen-bond donors (Lipinski definition) is 2. The molecule has 0 radical (unpaired) electrons. The van der Waals surface area contributed by atoms with E-state index in [1.165, 1.54) is 36.4 Å². The smallest absolute Gasteiger partial charge is 0.338 e. The van der Waals surface area contributed by atoms with Crippen molar-refractivity contribution < 1.29 is 28.7 Å². The van der Waals surface area contributed by atoms with E-state index in [4.69, 9.17) is 39.5 Å². The molecule has 5 rings (SSSR count). The number of carbonyl (C=O) groups is 5. The van der Waals surface area contributed by atoms with Gasteiger partial charge in [-0.2, -0.15) is 0 Å². The lowest BCUT2D eigenvalue weighted by molar-refractivity contribution is -0.125. The molecule has 3 fully saturated rings. The minimum atomic E-state index is -0.803. The Morgan fingerprint density at radius 2 is 1.49 bits per heavy atom. The molecule has 2 aromatic carbocycles. The zero-order valence-electron chi connectivity index (χ0n) is 19.0. The molecule has 1 saturated heterocycles. The van der Waals surface area contributed by atoms with Gasteiger partial charge in [-0.3, -0.25) is 34.9 Å². The van der Waals surface area contributed by atoms with Gasteiger partial charge >= 0.3 is 5.97 Å². The van der Waals surface area contributed by atoms with Gasteiger partial charge in [0.1, 0.15) is 0 Å². The highest BCUT2D eigenvalue weighted by molar-refractivity contribution is 6.34. The molecular formula is C25H20Cl3N3O6. The first-order valence-corrected chi connectivity index (χ1v) is 12.7. The molecule has 4 amide bonds. The quantitative estimate of drug-likeness (QED) is 0.249. The Morgan fingerprint density at radius 3 is 2.08 bits per heavy atom. The SMILES string of the molecule is O=C(COC(=O)c1ccc(N2C(=O)[C@@H]3[C@H]4C[C@@H]([C@H](Cl)[C@H]4Cl)[C@@H]3C2=O)cc1)NNC(=O)c1ccccc1Cl. The molecule has 1 aliphatic heterocycles. The molecule has 2 aromatic rings. The van der Waals surface area contributed by atoms with Crippen molar-refractivity contribution in [3.8, 4) is 0 Å². The zero-order chi connectivity index (χ0) is 26.4. The molecule has 12 heteroatoms. The maximum absolute atomic E-state index is 13.1. The van der Waals surface area contributed by atoms with Gasteiger partial charge in [-0.05, 0) is 54.7 Å². The lowest BCUT2D eigenvalue weighted by Gasteiger charge is -2.28. The summed E-state index contributed by atoms with van der Waals surface area (Å²) >= 11 is 18.7. The van der Waals surface area contributed by atoms with Crippen LogP contribution in [0.1, 0.15) is 27.1 Å². The molecule has 2 bridgehead atoms. The van der Waals surface area contributed by atoms with Crippen LogP contribution < -0.4 is 15.8 Å². The van der Waals surface area contributed by atoms with Crippen molar-refractivity contribution in [1.29, 1.82) is 0 Å². The highest BCUT2D eigenvalue weighted by atomic mass is 35.5. The van der Waals surface area contributed by atoms with E-state index in [0.29, 0.717) is 12.1 Å². The molecule has 2 saturated carbocycles. The number of nitrogens with zero attached hydrogens (tertiary/aromatic N) is 1. The van der Waals surface area contributed by atoms with E-state index in [1.807, 2.05) is 0 Å². The molecule has 192 valence electrons. The number of hydrazine groups is 1. The Bertz CT molecular complexity index is 1270. The first-order chi connectivity index (χ1) is 17.7. The summed E-state index contributed by atoms with van der Waals surface area (Å²) in [5.74, 6) is -4.02. The molecule has 2 aliphatic carbocycles. The fourth-order valence-corrected chi connectivity index (χ4v) is 6.55. The maximum atomic E-state index is 13.1. The van der Waals surface area contributed by atoms with Gasteiger partial charge in [0, 0.05) is 0 Å². The number of ether oxygens (including phenoxy) is 1. The summed E-state index contributed by atoms with van der Waals surface area (Å²) in [6, 6.07) is 12.0. The number of benzene rings is 2. The fourth-order valence-electron chi connectivity index (χ4n) is 5.44. The number of anilines is 1. The molecule has 0 aromatic heterocycles. The average Bonchev–Trinajstić information content (AvgIpc) is 3.51. The summed E-state index contributed by atoms with van der Waals surface area (Å²) in [4.78, 5) is 63.7. The van der Waals surface area contributed by atoms with Crippen LogP contribution >= 0.6 is 34.8 Å². The largest absolute Gasteiger partial charge is 0.452 e. The number of nitrogens with one attached hydrogen (secondary N) is 2. The summed E-state index contributed by atoms with van der Waals surface area (Å²) in [6.45, 7) is -0.655. The zero-order valence-corrected chi connectivity index (χ0v) is 21.3. The number of fused-ring (bicyclic) bond motifs is 5. The number of rotatable bonds is 5. The molecule has 1 heterocycles. The minimum Gasteiger partial charge on any atom is -0.452 e. The van der Waals surface area contributed by atoms with E-state index in [-0.39, 0.29) is 50.6 Å². The Hall–Kier alpha value is -3.14. The second-order valence-corrected chi connectivity index (χ2v) is 10.5. The molecule has 9 nitrogen and oxygen atoms in total. The van der Waals surface area contributed by atoms with Gasteiger partial charge in [-0.1, -0.05) is 23.7 Å². The molecule has 0 spiro atoms. The van der Waals surface area contributed by atoms with Gasteiger partial charge in [-0.25, -0.2) is 4.79 Å². The van der Waals surface area contributed by atoms with Gasteiger partial charge in [0.15, 0.2) is 6.61 Å². The number of amides is 4. The first-order valence-electron chi connectivity index (χ1n) is 11.5. The van der Waals surface area contributed by atoms with Crippen molar-refractivity contribution in [2.75, 3.05) is 11.5 Å². The van der Waals surface area contributed by atoms with Gasteiger partial charge in [0.25, 0.3) is 11.8 Å². The van der Waals surface area contributed by atoms with E-state index < -0.39 is 36.2 Å². The number of imide groups is 1. The fraction of sp³-hybridized carbons (Fsp3) is 0.320. The second kappa shape index (κ2) is 9.96. The van der Waals surface area contributed by atoms with Crippen LogP contribution in [0.15, 0.2) is 48.5 Å². The third-order valence-corrected chi connectivity index (χ3v) is 8.77. The van der Waals surface area contributed by atoms with Crippen LogP contribution in [-0.4, -0.2) is 47.0 Å². The van der Waals surface area contributed by atoms with Crippen LogP contribution in [0, 0.1) is 23.7 Å². The van der Waals surface area contributed by atoms with Gasteiger partial charge < -0.3 is 4.74 Å². The Kier molecular flexibility index (Phi) is 6.87. The van der Waals surface area contributed by atoms with Crippen LogP contribution in [0.5, 0.6) is 0 Å². The summed E-state index contributed by atoms with van der Waals surface area (Å²) < 4.78 is 4.97. The first kappa shape index (κ1) is 25.5. The van der Waals surface area contributed by atoms with E-state index in [9.17, 15) is 24.0 Å². The number of halogens is 3. The van der Waals surface area contributed by atoms with Crippen molar-refractivity contribution in [3.63, 3.8) is 0 Å². The highest BCUT2D eigenvalue weighted by Crippen LogP contribution is 2.59. The predicted molar refractivity (Wildman–Crippen MR) is 134 cm³/mol. The third kappa shape index (κ3) is 4.45. The molecule has 37 heavy (non-hydrogen) atoms. The number of esters is 1. The van der Waals surface area contributed by atoms with Crippen LogP contribution in [0.2, 0.25) is 5.02 Å². The van der Waals surface area contributed by atoms with Crippen molar-refractivity contribution in [3.05, 3.63) is 64.7 Å². The molecule has 2 N–H and O–H groups in total. The topological polar surface area (TPSA) is 122 Å². The summed E-state index contributed by atoms with van der Waals surface area (Å²) in [6.07, 6.45) is 0.672. The normalized spacial score (nSPS) is 27.7. The lowest BCUT2D eigenvalue weighted by atomic mass is 9.80. The van der Waals surface area contributed by atoms with E-state index in [1.54, 1.807) is 12.1 Å². The van der Waals surface area contributed by atoms with Crippen molar-refractivity contribution in [2.45, 2.75) is 17.2 Å². The van der Waals surface area contributed by atoms with Crippen molar-refractivity contribution in [1.82, 2.24) is 10.9 Å². The van der Waals surface area contributed by atoms with Crippen LogP contribution in [0.3, 0.4) is 0 Å². The Balaban J connectivity index is 1.15. The van der Waals surface area contributed by atoms with Crippen molar-refractivity contribution >= 4 is 70.1 Å². The van der Waals surface area contributed by atoms with Crippen LogP contribution in [0.25, 0.3) is 0 Å². The lowest BCUT2D eigenvalue weighted by Crippen LogP contribution is -2.43. The maximum Gasteiger partial charge on any atom is 0.338 e. The second-order valence-electron chi connectivity index (χ2n) is 9.12. The van der Waals surface area contributed by atoms with Gasteiger partial charge in [-0.15, -0.1) is 23.2 Å². The van der Waals surface area contributed by atoms with Gasteiger partial charge in [0.05, 0.1) is 44.4 Å². The number of hydrogen-bond acceptors (Lipinski definition) is 6. The highest BCUT2D eigenvalue weighted by Gasteiger charge is 2.66. The predicted octanol–water partition coefficient (Wildman–Crippen LogP) is 2.93. The number of alkyl halides is 2. The third-order valence-electron chi connectivity index (χ3n) is 7.12. The van der Waals surface area contributed by atoms with E-state index in [2.05, 4.69) is 10.9 Å². The summed E-state index contributed by atoms with van der Waals surface area (Å²) in [5.41, 5.74) is 4.92. The van der Waals surface area contributed by atoms with Gasteiger partial charge in [0.2, 0.25) is 11.8 Å². The van der Waals surface area contributed by atoms with E-state index in [0.717, 1.165) is 4.90 Å². The molecule has 6 atom stereocenters. The standard InChI is InChI=1S/C25H20Cl3N3O6/c26-16-4-2-1-3-13(16)22(33)30-29-17(32)10-37-25(36)11-5-7-12(8-6-11)31-23(34)18-14-9-15(19(18)24(31)35)21(28)20(14)27/h1-8,14-15,18-21H,9-10H2,(H,29,32)(H,30,33)/t14-,15-,18-,19+,20+,21+/m1/s1. The number of carbonyl (C=O) groups excluding carboxylic acids is 5. The Labute approximate surface area is 226 Å². The van der Waals surface area contributed by atoms with Crippen LogP contribution in [0.4, 0.5) is 5.69 Å². The minimum absolute atomic E-state index is 0.109. The molecular weight excluding hydrogens is 545 g/mol. The molecule has 0 unspecified atom stereocenters. The Morgan fingerprint density at radius 1 is 0.892 bits per heavy atom. The summed E-state index contributed by atoms with van der Waals surface area (Å²) in [7, 11) is 0. The van der Waals surface area contributed by atoms with Crippen LogP contribution in [-0.2, 0) is 19.1 Å². The monoisotopic (exact) mass is 563 g/mol. The van der Waals surface area contributed by atoms with Crippen molar-refractivity contribution in [2.24, 2.45) is 23.7 Å².